The summed E-state index contributed by atoms with van der Waals surface area (Å²) in [6.45, 7) is 18.0. The van der Waals surface area contributed by atoms with Crippen molar-refractivity contribution in [1.29, 1.82) is 0 Å². The summed E-state index contributed by atoms with van der Waals surface area (Å²) < 4.78 is 6.23. The Bertz CT molecular complexity index is 1100. The van der Waals surface area contributed by atoms with Gasteiger partial charge in [-0.2, -0.15) is 0 Å². The van der Waals surface area contributed by atoms with Crippen LogP contribution in [0.5, 0.6) is 0 Å². The molecule has 1 aliphatic carbocycles. The number of benzene rings is 3. The van der Waals surface area contributed by atoms with Crippen LogP contribution in [0.2, 0.25) is 0 Å². The predicted octanol–water partition coefficient (Wildman–Crippen LogP) is 7.91. The lowest BCUT2D eigenvalue weighted by Gasteiger charge is -2.11. The Morgan fingerprint density at radius 3 is 2.12 bits per heavy atom. The maximum Gasteiger partial charge on any atom is 0.155 e. The Kier molecular flexibility index (Phi) is 16.9. The molecular formula is C29H45N3O2. The van der Waals surface area contributed by atoms with Crippen LogP contribution in [0.1, 0.15) is 68.2 Å². The lowest BCUT2D eigenvalue weighted by Crippen LogP contribution is -2.07. The number of nitrogens with one attached hydrogen (secondary N) is 1. The van der Waals surface area contributed by atoms with Crippen molar-refractivity contribution in [3.05, 3.63) is 53.9 Å². The van der Waals surface area contributed by atoms with E-state index in [-0.39, 0.29) is 0 Å². The third-order valence-corrected chi connectivity index (χ3v) is 4.46. The van der Waals surface area contributed by atoms with Gasteiger partial charge in [0.25, 0.3) is 0 Å². The minimum Gasteiger partial charge on any atom is -0.453 e. The van der Waals surface area contributed by atoms with Gasteiger partial charge in [-0.15, -0.1) is 0 Å². The minimum absolute atomic E-state index is 0.777. The molecule has 2 aliphatic rings. The number of nitrogens with zero attached hydrogens (tertiary/aromatic N) is 2. The zero-order valence-electron chi connectivity index (χ0n) is 22.7. The normalized spacial score (nSPS) is 10.1. The Morgan fingerprint density at radius 1 is 0.853 bits per heavy atom. The van der Waals surface area contributed by atoms with E-state index in [1.807, 2.05) is 71.9 Å². The summed E-state index contributed by atoms with van der Waals surface area (Å²) in [4.78, 5) is 9.63. The van der Waals surface area contributed by atoms with Crippen molar-refractivity contribution in [3.8, 4) is 11.5 Å². The van der Waals surface area contributed by atoms with Gasteiger partial charge in [0.2, 0.25) is 0 Å². The van der Waals surface area contributed by atoms with E-state index in [4.69, 9.17) is 19.5 Å². The molecule has 1 heterocycles. The molecule has 0 unspecified atom stereocenters. The van der Waals surface area contributed by atoms with Gasteiger partial charge in [-0.1, -0.05) is 79.7 Å². The number of hydrogen-bond acceptors (Lipinski definition) is 5. The monoisotopic (exact) mass is 467 g/mol. The van der Waals surface area contributed by atoms with E-state index < -0.39 is 0 Å². The van der Waals surface area contributed by atoms with Crippen molar-refractivity contribution >= 4 is 27.6 Å². The van der Waals surface area contributed by atoms with E-state index in [0.29, 0.717) is 0 Å². The summed E-state index contributed by atoms with van der Waals surface area (Å²) in [5, 5.41) is 13.6. The largest absolute Gasteiger partial charge is 0.453 e. The molecule has 0 saturated heterocycles. The lowest BCUT2D eigenvalue weighted by molar-refractivity contribution is 0.399. The molecule has 1 aliphatic heterocycles. The maximum atomic E-state index is 7.00. The quantitative estimate of drug-likeness (QED) is 0.231. The number of anilines is 1. The highest BCUT2D eigenvalue weighted by Gasteiger charge is 2.14. The topological polar surface area (TPSA) is 70.7 Å². The van der Waals surface area contributed by atoms with Gasteiger partial charge < -0.3 is 14.8 Å². The molecule has 0 saturated carbocycles. The summed E-state index contributed by atoms with van der Waals surface area (Å²) >= 11 is 0. The second kappa shape index (κ2) is 18.5. The lowest BCUT2D eigenvalue weighted by atomic mass is 10.0. The van der Waals surface area contributed by atoms with E-state index in [0.717, 1.165) is 77.4 Å². The molecule has 0 atom stereocenters. The third kappa shape index (κ3) is 8.14. The molecule has 2 N–H and O–H groups in total. The number of rotatable bonds is 5. The molecule has 2 aromatic carbocycles. The van der Waals surface area contributed by atoms with Gasteiger partial charge in [0.1, 0.15) is 11.2 Å². The number of aromatic nitrogens is 1. The van der Waals surface area contributed by atoms with Crippen LogP contribution in [0.25, 0.3) is 33.3 Å². The number of fused-ring (bicyclic) bond motifs is 4. The molecule has 0 amide bonds. The van der Waals surface area contributed by atoms with E-state index >= 15 is 0 Å². The Labute approximate surface area is 206 Å². The summed E-state index contributed by atoms with van der Waals surface area (Å²) in [5.74, 6) is 0.777. The average molecular weight is 468 g/mol. The second-order valence-corrected chi connectivity index (χ2v) is 6.49. The minimum atomic E-state index is 0.777. The first-order chi connectivity index (χ1) is 16.8. The first-order valence-electron chi connectivity index (χ1n) is 12.8. The highest BCUT2D eigenvalue weighted by Crippen LogP contribution is 2.31. The Balaban J connectivity index is 0.00000124. The van der Waals surface area contributed by atoms with Gasteiger partial charge in [-0.05, 0) is 25.0 Å². The standard InChI is InChI=1S/C22H23N3O.3C2H6.CH4O/c1-3-11-23-15-9-10-18-20(13-15)26-21-14-19(24-12-4-2)16-7-5-6-8-17(16)22(21)25-18;4*1-2/h5-10,13-14,23H,3-4,11-12H2,1-2H3;3*1-2H3;2H,1H3. The van der Waals surface area contributed by atoms with Crippen molar-refractivity contribution in [2.45, 2.75) is 68.2 Å². The molecule has 0 spiro atoms. The van der Waals surface area contributed by atoms with Crippen molar-refractivity contribution < 1.29 is 9.52 Å². The van der Waals surface area contributed by atoms with Crippen LogP contribution in [0.15, 0.2) is 57.9 Å². The molecule has 34 heavy (non-hydrogen) atoms. The molecule has 4 rings (SSSR count). The fourth-order valence-electron chi connectivity index (χ4n) is 3.18. The van der Waals surface area contributed by atoms with E-state index in [9.17, 15) is 0 Å². The van der Waals surface area contributed by atoms with E-state index in [1.165, 1.54) is 0 Å². The van der Waals surface area contributed by atoms with Crippen LogP contribution >= 0.6 is 0 Å². The number of aliphatic hydroxyl groups excluding tert-OH is 1. The molecule has 5 heteroatoms. The first-order valence-corrected chi connectivity index (χ1v) is 12.8. The fraction of sp³-hybridized carbons (Fsp3) is 0.448. The smallest absolute Gasteiger partial charge is 0.155 e. The van der Waals surface area contributed by atoms with Gasteiger partial charge >= 0.3 is 0 Å². The zero-order chi connectivity index (χ0) is 25.9. The van der Waals surface area contributed by atoms with Crippen LogP contribution in [-0.4, -0.2) is 30.3 Å². The van der Waals surface area contributed by atoms with Gasteiger partial charge in [0.15, 0.2) is 11.3 Å². The van der Waals surface area contributed by atoms with Crippen molar-refractivity contribution in [3.63, 3.8) is 0 Å². The highest BCUT2D eigenvalue weighted by atomic mass is 16.3. The van der Waals surface area contributed by atoms with Gasteiger partial charge in [0, 0.05) is 48.8 Å². The zero-order valence-corrected chi connectivity index (χ0v) is 22.7. The average Bonchev–Trinajstić information content (AvgIpc) is 2.94. The molecule has 5 nitrogen and oxygen atoms in total. The van der Waals surface area contributed by atoms with Crippen molar-refractivity contribution in [1.82, 2.24) is 4.98 Å². The molecular weight excluding hydrogens is 422 g/mol. The summed E-state index contributed by atoms with van der Waals surface area (Å²) in [5.41, 5.74) is 3.59. The Morgan fingerprint density at radius 2 is 1.50 bits per heavy atom. The number of hydrogen-bond donors (Lipinski definition) is 2. The van der Waals surface area contributed by atoms with Crippen LogP contribution in [-0.2, 0) is 0 Å². The van der Waals surface area contributed by atoms with Crippen LogP contribution in [0.3, 0.4) is 0 Å². The van der Waals surface area contributed by atoms with Crippen molar-refractivity contribution in [2.24, 2.45) is 4.99 Å². The maximum absolute atomic E-state index is 7.00. The second-order valence-electron chi connectivity index (χ2n) is 6.49. The van der Waals surface area contributed by atoms with Crippen LogP contribution in [0, 0.1) is 0 Å². The SMILES string of the molecule is CC.CC.CC.CCCN=c1cc2oc3cc(NCCC)ccc3nc-2c2ccccc12.CO. The summed E-state index contributed by atoms with van der Waals surface area (Å²) in [6.07, 6.45) is 2.10. The molecule has 2 aromatic rings. The van der Waals surface area contributed by atoms with Gasteiger partial charge in [-0.25, -0.2) is 4.98 Å². The third-order valence-electron chi connectivity index (χ3n) is 4.46. The predicted molar refractivity (Wildman–Crippen MR) is 150 cm³/mol. The summed E-state index contributed by atoms with van der Waals surface area (Å²) in [7, 11) is 1.00. The molecule has 0 fully saturated rings. The van der Waals surface area contributed by atoms with Gasteiger partial charge in [0.05, 0.1) is 5.36 Å². The highest BCUT2D eigenvalue weighted by molar-refractivity contribution is 5.96. The Hall–Kier alpha value is -2.92. The van der Waals surface area contributed by atoms with Crippen LogP contribution in [0.4, 0.5) is 5.69 Å². The van der Waals surface area contributed by atoms with Gasteiger partial charge in [-0.3, -0.25) is 4.99 Å². The van der Waals surface area contributed by atoms with Crippen molar-refractivity contribution in [2.75, 3.05) is 25.5 Å². The summed E-state index contributed by atoms with van der Waals surface area (Å²) in [6, 6.07) is 16.4. The van der Waals surface area contributed by atoms with Crippen LogP contribution < -0.4 is 10.7 Å². The molecule has 0 bridgehead atoms. The van der Waals surface area contributed by atoms with E-state index in [2.05, 4.69) is 37.4 Å². The first kappa shape index (κ1) is 31.1. The molecule has 0 radical (unpaired) electrons. The van der Waals surface area contributed by atoms with E-state index in [1.54, 1.807) is 0 Å². The number of aliphatic hydroxyl groups is 1. The fourth-order valence-corrected chi connectivity index (χ4v) is 3.18. The molecule has 188 valence electrons. The molecule has 0 aromatic heterocycles.